The van der Waals surface area contributed by atoms with Gasteiger partial charge >= 0.3 is 0 Å². The fourth-order valence-corrected chi connectivity index (χ4v) is 2.07. The summed E-state index contributed by atoms with van der Waals surface area (Å²) in [5.41, 5.74) is 0.0934. The third-order valence-corrected chi connectivity index (χ3v) is 3.14. The SMILES string of the molecule is Cn1ncc(C#N)c1NC(=O)c1c(F)cccc1Br. The highest BCUT2D eigenvalue weighted by Gasteiger charge is 2.18. The minimum atomic E-state index is -0.648. The van der Waals surface area contributed by atoms with Gasteiger partial charge in [0.15, 0.2) is 0 Å². The zero-order chi connectivity index (χ0) is 14.0. The van der Waals surface area contributed by atoms with Gasteiger partial charge in [-0.3, -0.25) is 9.48 Å². The van der Waals surface area contributed by atoms with Crippen LogP contribution >= 0.6 is 15.9 Å². The normalized spacial score (nSPS) is 10.0. The van der Waals surface area contributed by atoms with Gasteiger partial charge in [0, 0.05) is 11.5 Å². The van der Waals surface area contributed by atoms with Gasteiger partial charge in [0.1, 0.15) is 23.3 Å². The van der Waals surface area contributed by atoms with Crippen molar-refractivity contribution in [2.24, 2.45) is 7.05 Å². The number of hydrogen-bond donors (Lipinski definition) is 1. The van der Waals surface area contributed by atoms with Crippen LogP contribution in [-0.2, 0) is 7.05 Å². The average Bonchev–Trinajstić information content (AvgIpc) is 2.70. The third-order valence-electron chi connectivity index (χ3n) is 2.48. The predicted molar refractivity (Wildman–Crippen MR) is 70.0 cm³/mol. The van der Waals surface area contributed by atoms with E-state index in [4.69, 9.17) is 5.26 Å². The minimum Gasteiger partial charge on any atom is -0.306 e. The van der Waals surface area contributed by atoms with Gasteiger partial charge in [-0.05, 0) is 28.1 Å². The molecule has 2 aromatic rings. The summed E-state index contributed by atoms with van der Waals surface area (Å²) >= 11 is 3.12. The molecule has 1 amide bonds. The number of aryl methyl sites for hydroxylation is 1. The van der Waals surface area contributed by atoms with Gasteiger partial charge < -0.3 is 5.32 Å². The van der Waals surface area contributed by atoms with Crippen molar-refractivity contribution >= 4 is 27.7 Å². The van der Waals surface area contributed by atoms with Crippen molar-refractivity contribution in [3.8, 4) is 6.07 Å². The third kappa shape index (κ3) is 2.48. The van der Waals surface area contributed by atoms with Crippen molar-refractivity contribution in [1.29, 1.82) is 5.26 Å². The molecule has 5 nitrogen and oxygen atoms in total. The predicted octanol–water partition coefficient (Wildman–Crippen LogP) is 2.45. The Balaban J connectivity index is 2.37. The highest BCUT2D eigenvalue weighted by atomic mass is 79.9. The number of benzene rings is 1. The van der Waals surface area contributed by atoms with E-state index in [1.165, 1.54) is 23.0 Å². The van der Waals surface area contributed by atoms with E-state index in [0.717, 1.165) is 0 Å². The standard InChI is InChI=1S/C12H8BrFN4O/c1-18-11(7(5-15)6-16-18)17-12(19)10-8(13)3-2-4-9(10)14/h2-4,6H,1H3,(H,17,19). The number of rotatable bonds is 2. The lowest BCUT2D eigenvalue weighted by Crippen LogP contribution is -2.17. The Morgan fingerprint density at radius 1 is 1.58 bits per heavy atom. The van der Waals surface area contributed by atoms with E-state index in [-0.39, 0.29) is 16.9 Å². The van der Waals surface area contributed by atoms with E-state index < -0.39 is 11.7 Å². The lowest BCUT2D eigenvalue weighted by Gasteiger charge is -2.08. The molecule has 0 saturated heterocycles. The molecule has 0 atom stereocenters. The number of aromatic nitrogens is 2. The first-order chi connectivity index (χ1) is 9.04. The van der Waals surface area contributed by atoms with Gasteiger partial charge in [0.2, 0.25) is 0 Å². The van der Waals surface area contributed by atoms with E-state index in [9.17, 15) is 9.18 Å². The van der Waals surface area contributed by atoms with Gasteiger partial charge in [0.25, 0.3) is 5.91 Å². The van der Waals surface area contributed by atoms with Crippen LogP contribution in [-0.4, -0.2) is 15.7 Å². The Hall–Kier alpha value is -2.20. The highest BCUT2D eigenvalue weighted by Crippen LogP contribution is 2.22. The summed E-state index contributed by atoms with van der Waals surface area (Å²) in [4.78, 5) is 12.0. The fraction of sp³-hybridized carbons (Fsp3) is 0.0833. The number of halogens is 2. The molecule has 0 bridgehead atoms. The zero-order valence-corrected chi connectivity index (χ0v) is 11.4. The molecule has 0 aliphatic carbocycles. The van der Waals surface area contributed by atoms with Crippen LogP contribution in [0, 0.1) is 17.1 Å². The summed E-state index contributed by atoms with van der Waals surface area (Å²) in [5.74, 6) is -1.07. The number of nitrogens with zero attached hydrogens (tertiary/aromatic N) is 3. The lowest BCUT2D eigenvalue weighted by molar-refractivity contribution is 0.102. The molecule has 0 aliphatic rings. The van der Waals surface area contributed by atoms with Crippen LogP contribution in [0.1, 0.15) is 15.9 Å². The second-order valence-electron chi connectivity index (χ2n) is 3.69. The molecule has 0 spiro atoms. The van der Waals surface area contributed by atoms with Crippen molar-refractivity contribution in [2.45, 2.75) is 0 Å². The van der Waals surface area contributed by atoms with Crippen molar-refractivity contribution in [3.63, 3.8) is 0 Å². The van der Waals surface area contributed by atoms with Crippen LogP contribution in [0.2, 0.25) is 0 Å². The molecule has 1 heterocycles. The molecule has 19 heavy (non-hydrogen) atoms. The van der Waals surface area contributed by atoms with Gasteiger partial charge in [-0.25, -0.2) is 4.39 Å². The largest absolute Gasteiger partial charge is 0.306 e. The number of nitrogens with one attached hydrogen (secondary N) is 1. The molecule has 1 N–H and O–H groups in total. The van der Waals surface area contributed by atoms with Crippen molar-refractivity contribution in [2.75, 3.05) is 5.32 Å². The summed E-state index contributed by atoms with van der Waals surface area (Å²) < 4.78 is 15.3. The summed E-state index contributed by atoms with van der Waals surface area (Å²) in [6.07, 6.45) is 1.33. The molecule has 96 valence electrons. The van der Waals surface area contributed by atoms with Crippen LogP contribution < -0.4 is 5.32 Å². The Morgan fingerprint density at radius 2 is 2.32 bits per heavy atom. The smallest absolute Gasteiger partial charge is 0.260 e. The molecule has 1 aromatic heterocycles. The number of carbonyl (C=O) groups excluding carboxylic acids is 1. The highest BCUT2D eigenvalue weighted by molar-refractivity contribution is 9.10. The number of carbonyl (C=O) groups is 1. The number of anilines is 1. The first-order valence-electron chi connectivity index (χ1n) is 5.22. The van der Waals surface area contributed by atoms with E-state index >= 15 is 0 Å². The Bertz CT molecular complexity index is 669. The van der Waals surface area contributed by atoms with E-state index in [2.05, 4.69) is 26.3 Å². The van der Waals surface area contributed by atoms with Crippen LogP contribution in [0.4, 0.5) is 10.2 Å². The van der Waals surface area contributed by atoms with Crippen molar-refractivity contribution in [1.82, 2.24) is 9.78 Å². The quantitative estimate of drug-likeness (QED) is 0.923. The first-order valence-corrected chi connectivity index (χ1v) is 6.01. The fourth-order valence-electron chi connectivity index (χ4n) is 1.55. The molecule has 1 aromatic carbocycles. The molecule has 0 saturated carbocycles. The minimum absolute atomic E-state index is 0.118. The molecule has 0 radical (unpaired) electrons. The van der Waals surface area contributed by atoms with Crippen LogP contribution in [0.3, 0.4) is 0 Å². The summed E-state index contributed by atoms with van der Waals surface area (Å²) in [5, 5.41) is 15.2. The van der Waals surface area contributed by atoms with E-state index in [1.54, 1.807) is 13.1 Å². The maximum absolute atomic E-state index is 13.6. The second-order valence-corrected chi connectivity index (χ2v) is 4.55. The van der Waals surface area contributed by atoms with Crippen LogP contribution in [0.15, 0.2) is 28.9 Å². The zero-order valence-electron chi connectivity index (χ0n) is 9.82. The molecular formula is C12H8BrFN4O. The monoisotopic (exact) mass is 322 g/mol. The Kier molecular flexibility index (Phi) is 3.62. The van der Waals surface area contributed by atoms with Crippen LogP contribution in [0.25, 0.3) is 0 Å². The average molecular weight is 323 g/mol. The maximum Gasteiger partial charge on any atom is 0.260 e. The van der Waals surface area contributed by atoms with Crippen LogP contribution in [0.5, 0.6) is 0 Å². The second kappa shape index (κ2) is 5.20. The number of amides is 1. The number of nitriles is 1. The van der Waals surface area contributed by atoms with Gasteiger partial charge in [-0.2, -0.15) is 10.4 Å². The van der Waals surface area contributed by atoms with Gasteiger partial charge in [0.05, 0.1) is 11.8 Å². The van der Waals surface area contributed by atoms with Gasteiger partial charge in [-0.15, -0.1) is 0 Å². The maximum atomic E-state index is 13.6. The summed E-state index contributed by atoms with van der Waals surface area (Å²) in [6.45, 7) is 0. The first kappa shape index (κ1) is 13.2. The lowest BCUT2D eigenvalue weighted by atomic mass is 10.2. The molecule has 0 aliphatic heterocycles. The molecule has 0 unspecified atom stereocenters. The summed E-state index contributed by atoms with van der Waals surface area (Å²) in [6, 6.07) is 6.14. The molecular weight excluding hydrogens is 315 g/mol. The van der Waals surface area contributed by atoms with Crippen molar-refractivity contribution < 1.29 is 9.18 Å². The van der Waals surface area contributed by atoms with Gasteiger partial charge in [-0.1, -0.05) is 6.07 Å². The molecule has 0 fully saturated rings. The molecule has 7 heteroatoms. The topological polar surface area (TPSA) is 70.7 Å². The number of hydrogen-bond acceptors (Lipinski definition) is 3. The molecule has 2 rings (SSSR count). The van der Waals surface area contributed by atoms with E-state index in [1.807, 2.05) is 6.07 Å². The Morgan fingerprint density at radius 3 is 2.95 bits per heavy atom. The summed E-state index contributed by atoms with van der Waals surface area (Å²) in [7, 11) is 1.58. The van der Waals surface area contributed by atoms with Crippen molar-refractivity contribution in [3.05, 3.63) is 45.8 Å². The van der Waals surface area contributed by atoms with E-state index in [0.29, 0.717) is 4.47 Å². The Labute approximate surface area is 116 Å².